The summed E-state index contributed by atoms with van der Waals surface area (Å²) in [6.07, 6.45) is 1.16. The molecule has 0 aromatic heterocycles. The highest BCUT2D eigenvalue weighted by Gasteiger charge is 2.23. The van der Waals surface area contributed by atoms with E-state index in [4.69, 9.17) is 0 Å². The zero-order valence-electron chi connectivity index (χ0n) is 11.6. The Balaban J connectivity index is 3.04. The van der Waals surface area contributed by atoms with E-state index in [2.05, 4.69) is 83.1 Å². The molecule has 0 aliphatic carbocycles. The van der Waals surface area contributed by atoms with Gasteiger partial charge in [0.15, 0.2) is 0 Å². The summed E-state index contributed by atoms with van der Waals surface area (Å²) < 4.78 is 2.33. The molecule has 1 nitrogen and oxygen atoms in total. The van der Waals surface area contributed by atoms with Gasteiger partial charge in [-0.2, -0.15) is 0 Å². The highest BCUT2D eigenvalue weighted by Crippen LogP contribution is 2.34. The Bertz CT molecular complexity index is 377. The molecule has 0 aliphatic rings. The van der Waals surface area contributed by atoms with Gasteiger partial charge in [-0.05, 0) is 48.6 Å². The van der Waals surface area contributed by atoms with Gasteiger partial charge in [0.25, 0.3) is 0 Å². The first-order chi connectivity index (χ1) is 8.47. The molecule has 0 heterocycles. The van der Waals surface area contributed by atoms with Crippen LogP contribution in [0.2, 0.25) is 0 Å². The molecule has 1 aromatic carbocycles. The lowest BCUT2D eigenvalue weighted by Gasteiger charge is -2.29. The number of halogens is 2. The smallest absolute Gasteiger partial charge is 0.0360 e. The summed E-state index contributed by atoms with van der Waals surface area (Å²) in [6.45, 7) is 10.2. The van der Waals surface area contributed by atoms with Crippen molar-refractivity contribution in [3.05, 3.63) is 32.7 Å². The van der Waals surface area contributed by atoms with E-state index in [1.165, 1.54) is 10.0 Å². The minimum Gasteiger partial charge on any atom is -0.310 e. The van der Waals surface area contributed by atoms with E-state index >= 15 is 0 Å². The van der Waals surface area contributed by atoms with Crippen molar-refractivity contribution >= 4 is 31.9 Å². The molecule has 102 valence electrons. The normalized spacial score (nSPS) is 14.8. The maximum atomic E-state index is 3.68. The van der Waals surface area contributed by atoms with Crippen LogP contribution in [-0.4, -0.2) is 6.54 Å². The van der Waals surface area contributed by atoms with Crippen molar-refractivity contribution in [2.24, 2.45) is 11.8 Å². The molecule has 1 N–H and O–H groups in total. The Morgan fingerprint density at radius 1 is 1.17 bits per heavy atom. The quantitative estimate of drug-likeness (QED) is 0.686. The first kappa shape index (κ1) is 16.2. The van der Waals surface area contributed by atoms with Crippen LogP contribution in [0.3, 0.4) is 0 Å². The molecule has 1 aromatic rings. The van der Waals surface area contributed by atoms with Gasteiger partial charge in [0.1, 0.15) is 0 Å². The average molecular weight is 377 g/mol. The van der Waals surface area contributed by atoms with Crippen molar-refractivity contribution in [1.82, 2.24) is 5.32 Å². The molecule has 0 bridgehead atoms. The third-order valence-corrected chi connectivity index (χ3v) is 4.70. The lowest BCUT2D eigenvalue weighted by Crippen LogP contribution is -2.30. The summed E-state index contributed by atoms with van der Waals surface area (Å²) in [5.74, 6) is 1.26. The van der Waals surface area contributed by atoms with Crippen LogP contribution in [0.15, 0.2) is 27.1 Å². The molecule has 0 saturated carbocycles. The van der Waals surface area contributed by atoms with E-state index in [-0.39, 0.29) is 0 Å². The Morgan fingerprint density at radius 2 is 1.83 bits per heavy atom. The van der Waals surface area contributed by atoms with Crippen molar-refractivity contribution in [2.75, 3.05) is 6.54 Å². The van der Waals surface area contributed by atoms with Crippen molar-refractivity contribution < 1.29 is 0 Å². The van der Waals surface area contributed by atoms with Crippen LogP contribution >= 0.6 is 31.9 Å². The van der Waals surface area contributed by atoms with Crippen LogP contribution in [-0.2, 0) is 0 Å². The zero-order valence-corrected chi connectivity index (χ0v) is 14.8. The maximum absolute atomic E-state index is 3.68. The topological polar surface area (TPSA) is 12.0 Å². The predicted octanol–water partition coefficient (Wildman–Crippen LogP) is 5.54. The second-order valence-corrected chi connectivity index (χ2v) is 6.97. The number of benzene rings is 1. The molecular weight excluding hydrogens is 354 g/mol. The Kier molecular flexibility index (Phi) is 6.89. The van der Waals surface area contributed by atoms with Crippen LogP contribution in [0.25, 0.3) is 0 Å². The highest BCUT2D eigenvalue weighted by atomic mass is 79.9. The molecule has 1 rings (SSSR count). The van der Waals surface area contributed by atoms with Gasteiger partial charge in [0.05, 0.1) is 0 Å². The minimum atomic E-state index is 0.400. The van der Waals surface area contributed by atoms with Gasteiger partial charge < -0.3 is 5.32 Å². The molecule has 0 spiro atoms. The number of hydrogen-bond donors (Lipinski definition) is 1. The van der Waals surface area contributed by atoms with Crippen LogP contribution in [0.5, 0.6) is 0 Å². The molecule has 2 atom stereocenters. The van der Waals surface area contributed by atoms with Crippen molar-refractivity contribution in [3.63, 3.8) is 0 Å². The van der Waals surface area contributed by atoms with Gasteiger partial charge in [-0.25, -0.2) is 0 Å². The SMILES string of the molecule is CCCNC(c1cc(Br)ccc1Br)C(C)C(C)C. The number of hydrogen-bond acceptors (Lipinski definition) is 1. The fourth-order valence-corrected chi connectivity index (χ4v) is 2.89. The molecular formula is C15H23Br2N. The zero-order chi connectivity index (χ0) is 13.7. The molecule has 3 heteroatoms. The van der Waals surface area contributed by atoms with Crippen molar-refractivity contribution in [2.45, 2.75) is 40.2 Å². The molecule has 0 saturated heterocycles. The molecule has 2 unspecified atom stereocenters. The number of rotatable bonds is 6. The largest absolute Gasteiger partial charge is 0.310 e. The van der Waals surface area contributed by atoms with Crippen LogP contribution < -0.4 is 5.32 Å². The average Bonchev–Trinajstić information content (AvgIpc) is 2.33. The summed E-state index contributed by atoms with van der Waals surface area (Å²) in [6, 6.07) is 6.81. The first-order valence-corrected chi connectivity index (χ1v) is 8.24. The van der Waals surface area contributed by atoms with Gasteiger partial charge in [-0.1, -0.05) is 59.6 Å². The Hall–Kier alpha value is 0.140. The molecule has 0 amide bonds. The van der Waals surface area contributed by atoms with Crippen LogP contribution in [0.1, 0.15) is 45.7 Å². The lowest BCUT2D eigenvalue weighted by molar-refractivity contribution is 0.303. The fourth-order valence-electron chi connectivity index (χ4n) is 2.02. The summed E-state index contributed by atoms with van der Waals surface area (Å²) in [7, 11) is 0. The van der Waals surface area contributed by atoms with E-state index in [1.54, 1.807) is 0 Å². The van der Waals surface area contributed by atoms with Gasteiger partial charge in [0.2, 0.25) is 0 Å². The van der Waals surface area contributed by atoms with E-state index < -0.39 is 0 Å². The van der Waals surface area contributed by atoms with Gasteiger partial charge in [-0.3, -0.25) is 0 Å². The second kappa shape index (κ2) is 7.66. The summed E-state index contributed by atoms with van der Waals surface area (Å²) in [5.41, 5.74) is 1.35. The van der Waals surface area contributed by atoms with E-state index in [0.29, 0.717) is 17.9 Å². The molecule has 0 radical (unpaired) electrons. The third-order valence-electron chi connectivity index (χ3n) is 3.48. The standard InChI is InChI=1S/C15H23Br2N/c1-5-8-18-15(11(4)10(2)3)13-9-12(16)6-7-14(13)17/h6-7,9-11,15,18H,5,8H2,1-4H3. The summed E-state index contributed by atoms with van der Waals surface area (Å²) in [5, 5.41) is 3.68. The van der Waals surface area contributed by atoms with Gasteiger partial charge in [-0.15, -0.1) is 0 Å². The monoisotopic (exact) mass is 375 g/mol. The maximum Gasteiger partial charge on any atom is 0.0360 e. The van der Waals surface area contributed by atoms with E-state index in [9.17, 15) is 0 Å². The predicted molar refractivity (Wildman–Crippen MR) is 86.9 cm³/mol. The summed E-state index contributed by atoms with van der Waals surface area (Å²) in [4.78, 5) is 0. The van der Waals surface area contributed by atoms with Gasteiger partial charge in [0, 0.05) is 15.0 Å². The fraction of sp³-hybridized carbons (Fsp3) is 0.600. The lowest BCUT2D eigenvalue weighted by atomic mass is 9.86. The number of nitrogens with one attached hydrogen (secondary N) is 1. The Morgan fingerprint density at radius 3 is 2.39 bits per heavy atom. The van der Waals surface area contributed by atoms with Crippen molar-refractivity contribution in [3.8, 4) is 0 Å². The second-order valence-electron chi connectivity index (χ2n) is 5.20. The van der Waals surface area contributed by atoms with E-state index in [0.717, 1.165) is 17.4 Å². The minimum absolute atomic E-state index is 0.400. The van der Waals surface area contributed by atoms with E-state index in [1.807, 2.05) is 0 Å². The highest BCUT2D eigenvalue weighted by molar-refractivity contribution is 9.11. The van der Waals surface area contributed by atoms with Crippen LogP contribution in [0, 0.1) is 11.8 Å². The molecule has 0 fully saturated rings. The molecule has 0 aliphatic heterocycles. The Labute approximate surface area is 128 Å². The first-order valence-electron chi connectivity index (χ1n) is 6.65. The molecule has 18 heavy (non-hydrogen) atoms. The van der Waals surface area contributed by atoms with Crippen molar-refractivity contribution in [1.29, 1.82) is 0 Å². The summed E-state index contributed by atoms with van der Waals surface area (Å²) >= 11 is 7.25. The van der Waals surface area contributed by atoms with Crippen LogP contribution in [0.4, 0.5) is 0 Å². The van der Waals surface area contributed by atoms with Gasteiger partial charge >= 0.3 is 0 Å². The third kappa shape index (κ3) is 4.36.